The van der Waals surface area contributed by atoms with Gasteiger partial charge in [0.2, 0.25) is 5.91 Å². The summed E-state index contributed by atoms with van der Waals surface area (Å²) in [5.41, 5.74) is 4.94. The molecule has 0 bridgehead atoms. The van der Waals surface area contributed by atoms with Gasteiger partial charge in [0.1, 0.15) is 5.41 Å². The van der Waals surface area contributed by atoms with E-state index in [1.807, 2.05) is 0 Å². The number of amidine groups is 1. The first kappa shape index (κ1) is 15.8. The Kier molecular flexibility index (Phi) is 5.60. The Morgan fingerprint density at radius 2 is 2.16 bits per heavy atom. The van der Waals surface area contributed by atoms with Crippen LogP contribution in [0.15, 0.2) is 5.16 Å². The van der Waals surface area contributed by atoms with E-state index in [9.17, 15) is 4.79 Å². The summed E-state index contributed by atoms with van der Waals surface area (Å²) < 4.78 is 5.05. The standard InChI is InChI=1S/C13H25N3O3/c1-10(2)9-16(7-8-19-3)12(17)13(5-4-6-13)11(14)15-18/h10,18H,4-9H2,1-3H3,(H2,14,15). The van der Waals surface area contributed by atoms with E-state index in [-0.39, 0.29) is 11.7 Å². The fourth-order valence-corrected chi connectivity index (χ4v) is 2.43. The van der Waals surface area contributed by atoms with Gasteiger partial charge in [-0.1, -0.05) is 25.4 Å². The molecule has 0 aliphatic heterocycles. The van der Waals surface area contributed by atoms with Crippen LogP contribution in [-0.4, -0.2) is 48.7 Å². The summed E-state index contributed by atoms with van der Waals surface area (Å²) >= 11 is 0. The summed E-state index contributed by atoms with van der Waals surface area (Å²) in [6.45, 7) is 5.80. The molecule has 0 atom stereocenters. The second-order valence-corrected chi connectivity index (χ2v) is 5.56. The van der Waals surface area contributed by atoms with E-state index in [0.717, 1.165) is 6.42 Å². The minimum Gasteiger partial charge on any atom is -0.409 e. The van der Waals surface area contributed by atoms with Gasteiger partial charge in [-0.05, 0) is 18.8 Å². The zero-order valence-electron chi connectivity index (χ0n) is 12.1. The smallest absolute Gasteiger partial charge is 0.236 e. The first-order valence-electron chi connectivity index (χ1n) is 6.74. The van der Waals surface area contributed by atoms with E-state index in [4.69, 9.17) is 15.7 Å². The summed E-state index contributed by atoms with van der Waals surface area (Å²) in [6.07, 6.45) is 2.24. The third-order valence-corrected chi connectivity index (χ3v) is 3.65. The zero-order chi connectivity index (χ0) is 14.5. The molecular formula is C13H25N3O3. The predicted octanol–water partition coefficient (Wildman–Crippen LogP) is 1.03. The van der Waals surface area contributed by atoms with Gasteiger partial charge in [0.05, 0.1) is 6.61 Å². The van der Waals surface area contributed by atoms with Crippen molar-refractivity contribution in [3.05, 3.63) is 0 Å². The number of oxime groups is 1. The normalized spacial score (nSPS) is 18.2. The van der Waals surface area contributed by atoms with Crippen LogP contribution in [0.2, 0.25) is 0 Å². The molecule has 1 amide bonds. The molecular weight excluding hydrogens is 246 g/mol. The van der Waals surface area contributed by atoms with Gasteiger partial charge in [0.15, 0.2) is 5.84 Å². The van der Waals surface area contributed by atoms with Crippen molar-refractivity contribution >= 4 is 11.7 Å². The highest BCUT2D eigenvalue weighted by atomic mass is 16.5. The summed E-state index contributed by atoms with van der Waals surface area (Å²) in [5, 5.41) is 12.0. The minimum atomic E-state index is -0.794. The molecule has 6 heteroatoms. The third-order valence-electron chi connectivity index (χ3n) is 3.65. The molecule has 0 aromatic carbocycles. The van der Waals surface area contributed by atoms with Gasteiger partial charge in [-0.2, -0.15) is 0 Å². The van der Waals surface area contributed by atoms with Gasteiger partial charge >= 0.3 is 0 Å². The van der Waals surface area contributed by atoms with Gasteiger partial charge in [-0.3, -0.25) is 4.79 Å². The highest BCUT2D eigenvalue weighted by molar-refractivity contribution is 6.07. The number of methoxy groups -OCH3 is 1. The van der Waals surface area contributed by atoms with Crippen LogP contribution < -0.4 is 5.73 Å². The lowest BCUT2D eigenvalue weighted by Gasteiger charge is -2.42. The van der Waals surface area contributed by atoms with Crippen molar-refractivity contribution in [2.75, 3.05) is 26.8 Å². The van der Waals surface area contributed by atoms with Crippen LogP contribution in [0.5, 0.6) is 0 Å². The van der Waals surface area contributed by atoms with E-state index in [1.165, 1.54) is 0 Å². The first-order chi connectivity index (χ1) is 8.97. The van der Waals surface area contributed by atoms with E-state index < -0.39 is 5.41 Å². The average Bonchev–Trinajstić information content (AvgIpc) is 2.32. The Bertz CT molecular complexity index is 338. The largest absolute Gasteiger partial charge is 0.409 e. The molecule has 1 rings (SSSR count). The number of ether oxygens (including phenoxy) is 1. The monoisotopic (exact) mass is 271 g/mol. The number of carbonyl (C=O) groups excluding carboxylic acids is 1. The van der Waals surface area contributed by atoms with Crippen LogP contribution in [0.4, 0.5) is 0 Å². The Morgan fingerprint density at radius 3 is 2.53 bits per heavy atom. The fourth-order valence-electron chi connectivity index (χ4n) is 2.43. The number of carbonyl (C=O) groups is 1. The number of nitrogens with zero attached hydrogens (tertiary/aromatic N) is 2. The average molecular weight is 271 g/mol. The zero-order valence-corrected chi connectivity index (χ0v) is 12.1. The second kappa shape index (κ2) is 6.75. The highest BCUT2D eigenvalue weighted by Gasteiger charge is 2.50. The van der Waals surface area contributed by atoms with Crippen molar-refractivity contribution in [1.29, 1.82) is 0 Å². The summed E-state index contributed by atoms with van der Waals surface area (Å²) in [4.78, 5) is 14.5. The summed E-state index contributed by atoms with van der Waals surface area (Å²) in [5.74, 6) is 0.361. The number of hydrogen-bond acceptors (Lipinski definition) is 4. The van der Waals surface area contributed by atoms with Gasteiger partial charge in [0.25, 0.3) is 0 Å². The Hall–Kier alpha value is -1.30. The molecule has 3 N–H and O–H groups in total. The van der Waals surface area contributed by atoms with Crippen LogP contribution in [0.3, 0.4) is 0 Å². The van der Waals surface area contributed by atoms with E-state index >= 15 is 0 Å². The molecule has 0 unspecified atom stereocenters. The number of rotatable bonds is 7. The molecule has 110 valence electrons. The van der Waals surface area contributed by atoms with Gasteiger partial charge < -0.3 is 20.6 Å². The van der Waals surface area contributed by atoms with E-state index in [2.05, 4.69) is 19.0 Å². The number of hydrogen-bond donors (Lipinski definition) is 2. The van der Waals surface area contributed by atoms with Gasteiger partial charge in [-0.15, -0.1) is 0 Å². The van der Waals surface area contributed by atoms with Crippen molar-refractivity contribution in [2.24, 2.45) is 22.2 Å². The number of nitrogens with two attached hydrogens (primary N) is 1. The molecule has 1 fully saturated rings. The summed E-state index contributed by atoms with van der Waals surface area (Å²) in [7, 11) is 1.61. The summed E-state index contributed by atoms with van der Waals surface area (Å²) in [6, 6.07) is 0. The maximum Gasteiger partial charge on any atom is 0.236 e. The van der Waals surface area contributed by atoms with Gasteiger partial charge in [0, 0.05) is 20.2 Å². The van der Waals surface area contributed by atoms with Crippen LogP contribution >= 0.6 is 0 Å². The minimum absolute atomic E-state index is 0.0370. The van der Waals surface area contributed by atoms with Gasteiger partial charge in [-0.25, -0.2) is 0 Å². The molecule has 0 aromatic heterocycles. The maximum atomic E-state index is 12.7. The lowest BCUT2D eigenvalue weighted by atomic mass is 9.66. The highest BCUT2D eigenvalue weighted by Crippen LogP contribution is 2.42. The lowest BCUT2D eigenvalue weighted by molar-refractivity contribution is -0.143. The van der Waals surface area contributed by atoms with Crippen LogP contribution in [0.1, 0.15) is 33.1 Å². The Labute approximate surface area is 114 Å². The molecule has 0 radical (unpaired) electrons. The SMILES string of the molecule is COCCN(CC(C)C)C(=O)C1(C(N)=NO)CCC1. The quantitative estimate of drug-likeness (QED) is 0.313. The van der Waals surface area contributed by atoms with Crippen molar-refractivity contribution in [2.45, 2.75) is 33.1 Å². The van der Waals surface area contributed by atoms with Crippen molar-refractivity contribution in [3.63, 3.8) is 0 Å². The molecule has 0 saturated heterocycles. The Morgan fingerprint density at radius 1 is 1.53 bits per heavy atom. The molecule has 0 spiro atoms. The van der Waals surface area contributed by atoms with Crippen LogP contribution in [0, 0.1) is 11.3 Å². The molecule has 6 nitrogen and oxygen atoms in total. The number of amides is 1. The topological polar surface area (TPSA) is 88.2 Å². The van der Waals surface area contributed by atoms with Crippen molar-refractivity contribution < 1.29 is 14.7 Å². The molecule has 1 aliphatic rings. The molecule has 1 aliphatic carbocycles. The van der Waals surface area contributed by atoms with Crippen molar-refractivity contribution in [1.82, 2.24) is 4.90 Å². The second-order valence-electron chi connectivity index (χ2n) is 5.56. The Balaban J connectivity index is 2.84. The van der Waals surface area contributed by atoms with Crippen LogP contribution in [-0.2, 0) is 9.53 Å². The van der Waals surface area contributed by atoms with Crippen LogP contribution in [0.25, 0.3) is 0 Å². The maximum absolute atomic E-state index is 12.7. The molecule has 19 heavy (non-hydrogen) atoms. The van der Waals surface area contributed by atoms with Crippen molar-refractivity contribution in [3.8, 4) is 0 Å². The van der Waals surface area contributed by atoms with E-state index in [0.29, 0.717) is 38.5 Å². The lowest BCUT2D eigenvalue weighted by Crippen LogP contribution is -2.56. The predicted molar refractivity (Wildman–Crippen MR) is 73.0 cm³/mol. The third kappa shape index (κ3) is 3.37. The molecule has 0 aromatic rings. The van der Waals surface area contributed by atoms with E-state index in [1.54, 1.807) is 12.0 Å². The molecule has 0 heterocycles. The fraction of sp³-hybridized carbons (Fsp3) is 0.846. The first-order valence-corrected chi connectivity index (χ1v) is 6.74. The molecule has 1 saturated carbocycles.